The van der Waals surface area contributed by atoms with Crippen LogP contribution in [0.2, 0.25) is 0 Å². The lowest BCUT2D eigenvalue weighted by Crippen LogP contribution is -1.91. The van der Waals surface area contributed by atoms with E-state index >= 15 is 0 Å². The molecule has 0 saturated heterocycles. The van der Waals surface area contributed by atoms with E-state index in [9.17, 15) is 0 Å². The minimum atomic E-state index is 1.17. The molecule has 1 rings (SSSR count). The highest BCUT2D eigenvalue weighted by Gasteiger charge is 1.96. The van der Waals surface area contributed by atoms with Gasteiger partial charge >= 0.3 is 0 Å². The van der Waals surface area contributed by atoms with Crippen molar-refractivity contribution in [1.82, 2.24) is 0 Å². The Morgan fingerprint density at radius 1 is 1.67 bits per heavy atom. The van der Waals surface area contributed by atoms with Crippen molar-refractivity contribution < 1.29 is 0 Å². The molecule has 0 saturated carbocycles. The summed E-state index contributed by atoms with van der Waals surface area (Å²) < 4.78 is 1.18. The van der Waals surface area contributed by atoms with Gasteiger partial charge in [-0.2, -0.15) is 0 Å². The van der Waals surface area contributed by atoms with Crippen LogP contribution in [0.5, 0.6) is 0 Å². The molecule has 0 fully saturated rings. The maximum absolute atomic E-state index is 4.30. The standard InChI is InChI=1S/C7H9PS/c1-2-3-6-4-5-9-7(6)8/h4-5H,2-3H2,1H3. The molecule has 1 aromatic rings. The van der Waals surface area contributed by atoms with Crippen molar-refractivity contribution >= 4 is 25.2 Å². The lowest BCUT2D eigenvalue weighted by Gasteiger charge is -1.91. The number of hydrogen-bond acceptors (Lipinski definition) is 1. The molecule has 0 aliphatic carbocycles. The van der Waals surface area contributed by atoms with Crippen LogP contribution in [0.4, 0.5) is 0 Å². The van der Waals surface area contributed by atoms with Crippen LogP contribution in [0.25, 0.3) is 0 Å². The molecule has 0 aliphatic heterocycles. The Bertz CT molecular complexity index is 181. The average molecular weight is 156 g/mol. The van der Waals surface area contributed by atoms with E-state index in [-0.39, 0.29) is 0 Å². The molecule has 0 bridgehead atoms. The zero-order valence-corrected chi connectivity index (χ0v) is 7.14. The Morgan fingerprint density at radius 3 is 2.89 bits per heavy atom. The highest BCUT2D eigenvalue weighted by atomic mass is 32.1. The van der Waals surface area contributed by atoms with Crippen molar-refractivity contribution in [3.8, 4) is 0 Å². The summed E-state index contributed by atoms with van der Waals surface area (Å²) in [5.74, 6) is 0. The van der Waals surface area contributed by atoms with Crippen molar-refractivity contribution in [2.24, 2.45) is 0 Å². The largest absolute Gasteiger partial charge is 0.143 e. The highest BCUT2D eigenvalue weighted by Crippen LogP contribution is 2.09. The minimum absolute atomic E-state index is 1.17. The Kier molecular flexibility index (Phi) is 2.68. The molecular formula is C7H9PS. The molecule has 0 aromatic carbocycles. The Morgan fingerprint density at radius 2 is 2.44 bits per heavy atom. The quantitative estimate of drug-likeness (QED) is 0.577. The van der Waals surface area contributed by atoms with E-state index in [0.717, 1.165) is 0 Å². The van der Waals surface area contributed by atoms with Crippen LogP contribution in [0, 0.1) is 0 Å². The Labute approximate surface area is 62.5 Å². The van der Waals surface area contributed by atoms with Gasteiger partial charge in [-0.3, -0.25) is 0 Å². The summed E-state index contributed by atoms with van der Waals surface area (Å²) in [7, 11) is 4.30. The zero-order chi connectivity index (χ0) is 6.69. The third kappa shape index (κ3) is 1.77. The summed E-state index contributed by atoms with van der Waals surface area (Å²) in [6.45, 7) is 2.19. The predicted octanol–water partition coefficient (Wildman–Crippen LogP) is 2.74. The van der Waals surface area contributed by atoms with Crippen LogP contribution in [0.1, 0.15) is 18.9 Å². The fourth-order valence-electron chi connectivity index (χ4n) is 0.787. The van der Waals surface area contributed by atoms with Crippen molar-refractivity contribution in [1.29, 1.82) is 0 Å². The molecule has 1 aromatic heterocycles. The fourth-order valence-corrected chi connectivity index (χ4v) is 1.84. The summed E-state index contributed by atoms with van der Waals surface area (Å²) in [5.41, 5.74) is 1.39. The number of aryl methyl sites for hydroxylation is 1. The van der Waals surface area contributed by atoms with Crippen LogP contribution in [0.3, 0.4) is 0 Å². The third-order valence-electron chi connectivity index (χ3n) is 1.24. The lowest BCUT2D eigenvalue weighted by molar-refractivity contribution is 0.931. The van der Waals surface area contributed by atoms with Gasteiger partial charge in [0.2, 0.25) is 0 Å². The predicted molar refractivity (Wildman–Crippen MR) is 44.9 cm³/mol. The minimum Gasteiger partial charge on any atom is -0.143 e. The number of hydrogen-bond donors (Lipinski definition) is 0. The third-order valence-corrected chi connectivity index (χ3v) is 2.60. The molecule has 48 valence electrons. The summed E-state index contributed by atoms with van der Waals surface area (Å²) in [6.07, 6.45) is 2.38. The molecule has 0 unspecified atom stereocenters. The van der Waals surface area contributed by atoms with Gasteiger partial charge in [-0.05, 0) is 23.4 Å². The van der Waals surface area contributed by atoms with E-state index in [1.807, 2.05) is 0 Å². The van der Waals surface area contributed by atoms with Gasteiger partial charge in [-0.1, -0.05) is 13.3 Å². The van der Waals surface area contributed by atoms with E-state index in [0.29, 0.717) is 0 Å². The van der Waals surface area contributed by atoms with Crippen LogP contribution in [0.15, 0.2) is 11.4 Å². The summed E-state index contributed by atoms with van der Waals surface area (Å²) in [5, 5.41) is 2.09. The van der Waals surface area contributed by atoms with Crippen LogP contribution in [-0.4, -0.2) is 0 Å². The van der Waals surface area contributed by atoms with Crippen molar-refractivity contribution in [2.75, 3.05) is 0 Å². The van der Waals surface area contributed by atoms with Crippen molar-refractivity contribution in [2.45, 2.75) is 19.8 Å². The van der Waals surface area contributed by atoms with Crippen LogP contribution >= 0.6 is 20.6 Å². The Hall–Kier alpha value is 0.130. The number of rotatable bonds is 2. The maximum atomic E-state index is 4.30. The van der Waals surface area contributed by atoms with E-state index in [1.54, 1.807) is 11.3 Å². The molecule has 2 radical (unpaired) electrons. The average Bonchev–Trinajstić information content (AvgIpc) is 2.18. The second-order valence-corrected chi connectivity index (χ2v) is 3.67. The summed E-state index contributed by atoms with van der Waals surface area (Å²) >= 11 is 1.71. The first kappa shape index (κ1) is 7.24. The molecule has 9 heavy (non-hydrogen) atoms. The summed E-state index contributed by atoms with van der Waals surface area (Å²) in [6, 6.07) is 2.15. The van der Waals surface area contributed by atoms with Gasteiger partial charge in [-0.15, -0.1) is 11.3 Å². The highest BCUT2D eigenvalue weighted by molar-refractivity contribution is 7.43. The summed E-state index contributed by atoms with van der Waals surface area (Å²) in [4.78, 5) is 0. The second kappa shape index (κ2) is 3.34. The molecule has 0 amide bonds. The molecule has 2 heteroatoms. The van der Waals surface area contributed by atoms with Crippen molar-refractivity contribution in [3.63, 3.8) is 0 Å². The van der Waals surface area contributed by atoms with Crippen molar-refractivity contribution in [3.05, 3.63) is 17.0 Å². The van der Waals surface area contributed by atoms with Gasteiger partial charge in [0.05, 0.1) is 0 Å². The molecule has 1 heterocycles. The Balaban J connectivity index is 2.69. The van der Waals surface area contributed by atoms with Crippen LogP contribution < -0.4 is 4.62 Å². The first-order valence-electron chi connectivity index (χ1n) is 3.10. The smallest absolute Gasteiger partial charge is 0.0411 e. The SMILES string of the molecule is CCCc1ccsc1[P]. The number of thiophene rings is 1. The van der Waals surface area contributed by atoms with E-state index < -0.39 is 0 Å². The van der Waals surface area contributed by atoms with Gasteiger partial charge in [-0.25, -0.2) is 0 Å². The van der Waals surface area contributed by atoms with Gasteiger partial charge in [0.25, 0.3) is 0 Å². The maximum Gasteiger partial charge on any atom is 0.0411 e. The van der Waals surface area contributed by atoms with E-state index in [1.165, 1.54) is 23.0 Å². The fraction of sp³-hybridized carbons (Fsp3) is 0.429. The normalized spacial score (nSPS) is 10.0. The van der Waals surface area contributed by atoms with Gasteiger partial charge < -0.3 is 0 Å². The van der Waals surface area contributed by atoms with E-state index in [4.69, 9.17) is 0 Å². The van der Waals surface area contributed by atoms with Gasteiger partial charge in [0.15, 0.2) is 0 Å². The molecule has 0 spiro atoms. The van der Waals surface area contributed by atoms with Gasteiger partial charge in [0.1, 0.15) is 0 Å². The van der Waals surface area contributed by atoms with Crippen LogP contribution in [-0.2, 0) is 6.42 Å². The molecule has 0 nitrogen and oxygen atoms in total. The molecular weight excluding hydrogens is 147 g/mol. The topological polar surface area (TPSA) is 0 Å². The lowest BCUT2D eigenvalue weighted by atomic mass is 10.2. The first-order chi connectivity index (χ1) is 4.34. The second-order valence-electron chi connectivity index (χ2n) is 2.00. The molecule has 0 atom stereocenters. The monoisotopic (exact) mass is 156 g/mol. The first-order valence-corrected chi connectivity index (χ1v) is 4.42. The van der Waals surface area contributed by atoms with E-state index in [2.05, 4.69) is 27.6 Å². The van der Waals surface area contributed by atoms with Gasteiger partial charge in [0, 0.05) is 13.9 Å². The zero-order valence-electron chi connectivity index (χ0n) is 5.42. The molecule has 0 N–H and O–H groups in total. The molecule has 0 aliphatic rings.